The molecule has 0 aliphatic heterocycles. The molecular formula is C13H11N3O3. The third-order valence-electron chi connectivity index (χ3n) is 2.61. The summed E-state index contributed by atoms with van der Waals surface area (Å²) in [6, 6.07) is 3.14. The van der Waals surface area contributed by atoms with Gasteiger partial charge in [-0.25, -0.2) is 14.3 Å². The number of hydrogen-bond donors (Lipinski definition) is 0. The van der Waals surface area contributed by atoms with Crippen LogP contribution in [0.1, 0.15) is 6.92 Å². The van der Waals surface area contributed by atoms with Crippen LogP contribution in [0.25, 0.3) is 11.0 Å². The fourth-order valence-corrected chi connectivity index (χ4v) is 1.84. The molecule has 0 fully saturated rings. The molecule has 0 unspecified atom stereocenters. The van der Waals surface area contributed by atoms with Gasteiger partial charge in [-0.1, -0.05) is 5.92 Å². The van der Waals surface area contributed by atoms with Crippen molar-refractivity contribution < 1.29 is 4.79 Å². The van der Waals surface area contributed by atoms with Crippen LogP contribution in [0.5, 0.6) is 0 Å². The molecule has 96 valence electrons. The number of nitrogens with zero attached hydrogens (tertiary/aromatic N) is 3. The summed E-state index contributed by atoms with van der Waals surface area (Å²) in [5.41, 5.74) is -0.920. The van der Waals surface area contributed by atoms with Gasteiger partial charge in [-0.05, 0) is 19.1 Å². The molecule has 2 rings (SSSR count). The second-order valence-corrected chi connectivity index (χ2v) is 4.04. The lowest BCUT2D eigenvalue weighted by Gasteiger charge is -2.10. The summed E-state index contributed by atoms with van der Waals surface area (Å²) in [5.74, 6) is 2.05. The summed E-state index contributed by atoms with van der Waals surface area (Å²) >= 11 is 0. The highest BCUT2D eigenvalue weighted by Gasteiger charge is 2.13. The van der Waals surface area contributed by atoms with E-state index in [0.717, 1.165) is 9.13 Å². The molecular weight excluding hydrogens is 246 g/mol. The lowest BCUT2D eigenvalue weighted by molar-refractivity contribution is -0.117. The van der Waals surface area contributed by atoms with Crippen LogP contribution in [0.4, 0.5) is 0 Å². The van der Waals surface area contributed by atoms with Crippen molar-refractivity contribution in [3.8, 4) is 12.3 Å². The summed E-state index contributed by atoms with van der Waals surface area (Å²) in [6.07, 6.45) is 6.61. The lowest BCUT2D eigenvalue weighted by atomic mass is 10.3. The number of Topliss-reactive ketones (excluding diaryl/α,β-unsaturated/α-hetero) is 1. The minimum atomic E-state index is -0.621. The Morgan fingerprint density at radius 2 is 2.16 bits per heavy atom. The standard InChI is InChI=1S/C13H11N3O3/c1-3-7-15-12(18)10-5-4-6-14-11(10)16(13(15)19)8-9(2)17/h1,4-6H,7-8H2,2H3. The number of fused-ring (bicyclic) bond motifs is 1. The Morgan fingerprint density at radius 1 is 1.42 bits per heavy atom. The van der Waals surface area contributed by atoms with Gasteiger partial charge in [0.15, 0.2) is 0 Å². The highest BCUT2D eigenvalue weighted by atomic mass is 16.2. The molecule has 0 atom stereocenters. The molecule has 0 aliphatic carbocycles. The maximum atomic E-state index is 12.2. The first kappa shape index (κ1) is 12.8. The Bertz CT molecular complexity index is 808. The molecule has 0 amide bonds. The quantitative estimate of drug-likeness (QED) is 0.712. The van der Waals surface area contributed by atoms with E-state index in [-0.39, 0.29) is 29.9 Å². The summed E-state index contributed by atoms with van der Waals surface area (Å²) in [7, 11) is 0. The van der Waals surface area contributed by atoms with Gasteiger partial charge in [-0.15, -0.1) is 6.42 Å². The maximum Gasteiger partial charge on any atom is 0.333 e. The summed E-state index contributed by atoms with van der Waals surface area (Å²) in [5, 5.41) is 0.263. The van der Waals surface area contributed by atoms with Gasteiger partial charge in [0.05, 0.1) is 18.5 Å². The predicted octanol–water partition coefficient (Wildman–Crippen LogP) is -0.220. The van der Waals surface area contributed by atoms with Crippen molar-refractivity contribution in [2.24, 2.45) is 0 Å². The fourth-order valence-electron chi connectivity index (χ4n) is 1.84. The van der Waals surface area contributed by atoms with Crippen LogP contribution in [-0.2, 0) is 17.9 Å². The average molecular weight is 257 g/mol. The van der Waals surface area contributed by atoms with Crippen LogP contribution in [0.2, 0.25) is 0 Å². The smallest absolute Gasteiger partial charge is 0.298 e. The van der Waals surface area contributed by atoms with Crippen molar-refractivity contribution in [1.82, 2.24) is 14.1 Å². The summed E-state index contributed by atoms with van der Waals surface area (Å²) in [6.45, 7) is 1.08. The van der Waals surface area contributed by atoms with Gasteiger partial charge >= 0.3 is 5.69 Å². The maximum absolute atomic E-state index is 12.2. The first-order valence-electron chi connectivity index (χ1n) is 5.57. The normalized spacial score (nSPS) is 10.3. The number of ketones is 1. The number of carbonyl (C=O) groups is 1. The molecule has 19 heavy (non-hydrogen) atoms. The van der Waals surface area contributed by atoms with Crippen molar-refractivity contribution in [2.75, 3.05) is 0 Å². The molecule has 0 bridgehead atoms. The summed E-state index contributed by atoms with van der Waals surface area (Å²) < 4.78 is 2.09. The molecule has 0 aliphatic rings. The number of pyridine rings is 1. The Morgan fingerprint density at radius 3 is 2.79 bits per heavy atom. The number of hydrogen-bond acceptors (Lipinski definition) is 4. The van der Waals surface area contributed by atoms with Crippen molar-refractivity contribution in [1.29, 1.82) is 0 Å². The molecule has 6 heteroatoms. The summed E-state index contributed by atoms with van der Waals surface area (Å²) in [4.78, 5) is 39.5. The minimum absolute atomic E-state index is 0.138. The van der Waals surface area contributed by atoms with Crippen LogP contribution < -0.4 is 11.2 Å². The van der Waals surface area contributed by atoms with E-state index in [9.17, 15) is 14.4 Å². The molecule has 0 N–H and O–H groups in total. The monoisotopic (exact) mass is 257 g/mol. The number of aromatic nitrogens is 3. The molecule has 0 aromatic carbocycles. The number of carbonyl (C=O) groups excluding carboxylic acids is 1. The largest absolute Gasteiger partial charge is 0.333 e. The second kappa shape index (κ2) is 4.90. The van der Waals surface area contributed by atoms with Gasteiger partial charge in [0, 0.05) is 6.20 Å². The van der Waals surface area contributed by atoms with E-state index in [1.165, 1.54) is 13.1 Å². The van der Waals surface area contributed by atoms with E-state index < -0.39 is 11.2 Å². The van der Waals surface area contributed by atoms with Crippen LogP contribution in [0.3, 0.4) is 0 Å². The van der Waals surface area contributed by atoms with Crippen molar-refractivity contribution >= 4 is 16.8 Å². The topological polar surface area (TPSA) is 74.0 Å². The molecule has 0 radical (unpaired) electrons. The molecule has 0 spiro atoms. The Balaban J connectivity index is 2.93. The van der Waals surface area contributed by atoms with Crippen molar-refractivity contribution in [3.63, 3.8) is 0 Å². The zero-order valence-electron chi connectivity index (χ0n) is 10.3. The van der Waals surface area contributed by atoms with Crippen molar-refractivity contribution in [2.45, 2.75) is 20.0 Å². The van der Waals surface area contributed by atoms with Gasteiger partial charge in [-0.2, -0.15) is 0 Å². The SMILES string of the molecule is C#CCn1c(=O)c2cccnc2n(CC(C)=O)c1=O. The lowest BCUT2D eigenvalue weighted by Crippen LogP contribution is -2.41. The highest BCUT2D eigenvalue weighted by molar-refractivity contribution is 5.79. The van der Waals surface area contributed by atoms with Crippen molar-refractivity contribution in [3.05, 3.63) is 39.2 Å². The highest BCUT2D eigenvalue weighted by Crippen LogP contribution is 2.03. The van der Waals surface area contributed by atoms with E-state index in [4.69, 9.17) is 6.42 Å². The minimum Gasteiger partial charge on any atom is -0.298 e. The second-order valence-electron chi connectivity index (χ2n) is 4.04. The van der Waals surface area contributed by atoms with Gasteiger partial charge in [-0.3, -0.25) is 14.2 Å². The van der Waals surface area contributed by atoms with Crippen LogP contribution >= 0.6 is 0 Å². The number of terminal acetylenes is 1. The number of rotatable bonds is 3. The Kier molecular flexibility index (Phi) is 3.29. The zero-order chi connectivity index (χ0) is 14.0. The van der Waals surface area contributed by atoms with Gasteiger partial charge in [0.1, 0.15) is 11.4 Å². The van der Waals surface area contributed by atoms with Gasteiger partial charge in [0.25, 0.3) is 5.56 Å². The van der Waals surface area contributed by atoms with Crippen LogP contribution in [0.15, 0.2) is 27.9 Å². The van der Waals surface area contributed by atoms with Crippen LogP contribution in [0, 0.1) is 12.3 Å². The third-order valence-corrected chi connectivity index (χ3v) is 2.61. The first-order valence-corrected chi connectivity index (χ1v) is 5.57. The molecule has 2 aromatic rings. The van der Waals surface area contributed by atoms with E-state index in [1.807, 2.05) is 0 Å². The molecule has 0 saturated carbocycles. The fraction of sp³-hybridized carbons (Fsp3) is 0.231. The Hall–Kier alpha value is -2.68. The molecule has 0 saturated heterocycles. The van der Waals surface area contributed by atoms with E-state index in [1.54, 1.807) is 12.1 Å². The van der Waals surface area contributed by atoms with Gasteiger partial charge < -0.3 is 0 Å². The molecule has 2 heterocycles. The predicted molar refractivity (Wildman–Crippen MR) is 69.8 cm³/mol. The molecule has 2 aromatic heterocycles. The molecule has 6 nitrogen and oxygen atoms in total. The van der Waals surface area contributed by atoms with Crippen LogP contribution in [-0.4, -0.2) is 19.9 Å². The van der Waals surface area contributed by atoms with E-state index >= 15 is 0 Å². The van der Waals surface area contributed by atoms with E-state index in [2.05, 4.69) is 10.9 Å². The Labute approximate surface area is 108 Å². The zero-order valence-corrected chi connectivity index (χ0v) is 10.3. The third kappa shape index (κ3) is 2.18. The average Bonchev–Trinajstić information content (AvgIpc) is 2.39. The van der Waals surface area contributed by atoms with E-state index in [0.29, 0.717) is 0 Å². The first-order chi connectivity index (χ1) is 9.06. The van der Waals surface area contributed by atoms with Gasteiger partial charge in [0.2, 0.25) is 0 Å².